The lowest BCUT2D eigenvalue weighted by Crippen LogP contribution is -2.49. The first-order chi connectivity index (χ1) is 27.0. The van der Waals surface area contributed by atoms with Crippen LogP contribution in [0, 0.1) is 5.92 Å². The molecule has 292 valence electrons. The molecular formula is C46H53N5O5. The van der Waals surface area contributed by atoms with Crippen molar-refractivity contribution in [2.45, 2.75) is 84.1 Å². The van der Waals surface area contributed by atoms with Crippen molar-refractivity contribution in [3.05, 3.63) is 132 Å². The number of ether oxygens (including phenoxy) is 1. The molecule has 10 heteroatoms. The van der Waals surface area contributed by atoms with E-state index in [1.54, 1.807) is 49.1 Å². The van der Waals surface area contributed by atoms with Crippen LogP contribution in [0.15, 0.2) is 110 Å². The summed E-state index contributed by atoms with van der Waals surface area (Å²) in [6, 6.07) is 25.4. The number of hydrogen-bond donors (Lipinski definition) is 3. The number of carboxylic acid groups (broad SMARTS) is 1. The molecule has 5 aromatic rings. The van der Waals surface area contributed by atoms with E-state index in [4.69, 9.17) is 4.74 Å². The molecule has 2 unspecified atom stereocenters. The van der Waals surface area contributed by atoms with Gasteiger partial charge in [-0.15, -0.1) is 0 Å². The third kappa shape index (κ3) is 12.3. The topological polar surface area (TPSA) is 143 Å². The maximum absolute atomic E-state index is 13.7. The summed E-state index contributed by atoms with van der Waals surface area (Å²) in [5.74, 6) is -1.39. The van der Waals surface area contributed by atoms with Gasteiger partial charge in [0.2, 0.25) is 5.91 Å². The second kappa shape index (κ2) is 20.1. The Morgan fingerprint density at radius 2 is 1.43 bits per heavy atom. The number of aliphatic carboxylic acids is 1. The molecule has 0 fully saturated rings. The predicted octanol–water partition coefficient (Wildman–Crippen LogP) is 8.25. The van der Waals surface area contributed by atoms with Crippen LogP contribution in [-0.2, 0) is 27.8 Å². The standard InChI is InChI=1S/C46H53N5O5/c1-5-6-7-8-9-25-56-40-22-18-34(19-23-40)38-30-48-42(49-31-38)35-14-12-32(13-15-35)27-41(51-43(52)36-16-20-39(21-17-36)46(2,3)4)44(53)50-29-37(45(54)55)26-33-11-10-24-47-28-33/h10-24,28,30-31,37,41H,5-9,25-27,29H2,1-4H3,(H,50,53)(H,51,52)(H,54,55). The molecule has 2 amide bonds. The van der Waals surface area contributed by atoms with Crippen molar-refractivity contribution < 1.29 is 24.2 Å². The molecule has 2 atom stereocenters. The predicted molar refractivity (Wildman–Crippen MR) is 219 cm³/mol. The minimum atomic E-state index is -1.04. The van der Waals surface area contributed by atoms with Crippen molar-refractivity contribution in [2.75, 3.05) is 13.2 Å². The van der Waals surface area contributed by atoms with Gasteiger partial charge in [0.05, 0.1) is 12.5 Å². The smallest absolute Gasteiger partial charge is 0.308 e. The Morgan fingerprint density at radius 1 is 0.750 bits per heavy atom. The van der Waals surface area contributed by atoms with E-state index in [0.29, 0.717) is 11.4 Å². The summed E-state index contributed by atoms with van der Waals surface area (Å²) in [4.78, 5) is 52.5. The lowest BCUT2D eigenvalue weighted by atomic mass is 9.86. The van der Waals surface area contributed by atoms with Gasteiger partial charge in [0, 0.05) is 54.4 Å². The molecule has 0 bridgehead atoms. The number of rotatable bonds is 19. The summed E-state index contributed by atoms with van der Waals surface area (Å²) in [6.45, 7) is 9.11. The number of nitrogens with zero attached hydrogens (tertiary/aromatic N) is 3. The molecule has 3 aromatic carbocycles. The normalized spacial score (nSPS) is 12.4. The maximum atomic E-state index is 13.7. The van der Waals surface area contributed by atoms with Crippen LogP contribution in [0.4, 0.5) is 0 Å². The average molecular weight is 756 g/mol. The lowest BCUT2D eigenvalue weighted by molar-refractivity contribution is -0.141. The highest BCUT2D eigenvalue weighted by Crippen LogP contribution is 2.25. The quantitative estimate of drug-likeness (QED) is 0.0716. The monoisotopic (exact) mass is 755 g/mol. The number of amides is 2. The van der Waals surface area contributed by atoms with Gasteiger partial charge < -0.3 is 20.5 Å². The van der Waals surface area contributed by atoms with Gasteiger partial charge in [-0.05, 0) is 70.8 Å². The summed E-state index contributed by atoms with van der Waals surface area (Å²) < 4.78 is 5.91. The zero-order valence-corrected chi connectivity index (χ0v) is 32.8. The third-order valence-electron chi connectivity index (χ3n) is 9.72. The van der Waals surface area contributed by atoms with Crippen LogP contribution in [-0.4, -0.2) is 57.0 Å². The molecule has 0 aliphatic rings. The van der Waals surface area contributed by atoms with Crippen LogP contribution >= 0.6 is 0 Å². The van der Waals surface area contributed by atoms with E-state index in [0.717, 1.165) is 52.2 Å². The molecule has 5 rings (SSSR count). The van der Waals surface area contributed by atoms with Crippen LogP contribution in [0.1, 0.15) is 86.8 Å². The summed E-state index contributed by atoms with van der Waals surface area (Å²) in [6.07, 6.45) is 13.2. The highest BCUT2D eigenvalue weighted by Gasteiger charge is 2.26. The van der Waals surface area contributed by atoms with Gasteiger partial charge in [-0.2, -0.15) is 0 Å². The molecule has 10 nitrogen and oxygen atoms in total. The number of unbranched alkanes of at least 4 members (excludes halogenated alkanes) is 4. The van der Waals surface area contributed by atoms with Crippen LogP contribution in [0.3, 0.4) is 0 Å². The van der Waals surface area contributed by atoms with Gasteiger partial charge in [0.15, 0.2) is 5.82 Å². The fraction of sp³-hybridized carbons (Fsp3) is 0.348. The minimum absolute atomic E-state index is 0.0815. The summed E-state index contributed by atoms with van der Waals surface area (Å²) in [5.41, 5.74) is 5.64. The molecule has 2 heterocycles. The first-order valence-corrected chi connectivity index (χ1v) is 19.5. The van der Waals surface area contributed by atoms with E-state index in [2.05, 4.69) is 53.3 Å². The Morgan fingerprint density at radius 3 is 2.05 bits per heavy atom. The zero-order chi connectivity index (χ0) is 39.9. The molecule has 0 saturated heterocycles. The van der Waals surface area contributed by atoms with Crippen molar-refractivity contribution in [2.24, 2.45) is 5.92 Å². The summed E-state index contributed by atoms with van der Waals surface area (Å²) in [5, 5.41) is 15.6. The Labute approximate surface area is 330 Å². The van der Waals surface area contributed by atoms with Crippen molar-refractivity contribution in [3.63, 3.8) is 0 Å². The van der Waals surface area contributed by atoms with E-state index in [-0.39, 0.29) is 24.8 Å². The second-order valence-electron chi connectivity index (χ2n) is 15.2. The maximum Gasteiger partial charge on any atom is 0.308 e. The van der Waals surface area contributed by atoms with E-state index in [9.17, 15) is 19.5 Å². The minimum Gasteiger partial charge on any atom is -0.494 e. The van der Waals surface area contributed by atoms with E-state index >= 15 is 0 Å². The van der Waals surface area contributed by atoms with Crippen LogP contribution in [0.25, 0.3) is 22.5 Å². The van der Waals surface area contributed by atoms with Gasteiger partial charge in [-0.1, -0.05) is 108 Å². The van der Waals surface area contributed by atoms with Gasteiger partial charge in [-0.3, -0.25) is 19.4 Å². The van der Waals surface area contributed by atoms with Crippen molar-refractivity contribution in [1.29, 1.82) is 0 Å². The number of carboxylic acids is 1. The number of hydrogen-bond acceptors (Lipinski definition) is 7. The van der Waals surface area contributed by atoms with E-state index < -0.39 is 29.7 Å². The van der Waals surface area contributed by atoms with Crippen molar-refractivity contribution in [1.82, 2.24) is 25.6 Å². The van der Waals surface area contributed by atoms with Crippen LogP contribution < -0.4 is 15.4 Å². The molecule has 0 aliphatic heterocycles. The number of aromatic nitrogens is 3. The number of nitrogens with one attached hydrogen (secondary N) is 2. The van der Waals surface area contributed by atoms with Gasteiger partial charge >= 0.3 is 5.97 Å². The average Bonchev–Trinajstić information content (AvgIpc) is 3.21. The SMILES string of the molecule is CCCCCCCOc1ccc(-c2cnc(-c3ccc(CC(NC(=O)c4ccc(C(C)(C)C)cc4)C(=O)NCC(Cc4cccnc4)C(=O)O)cc3)nc2)cc1. The fourth-order valence-electron chi connectivity index (χ4n) is 6.26. The lowest BCUT2D eigenvalue weighted by Gasteiger charge is -2.21. The van der Waals surface area contributed by atoms with Crippen molar-refractivity contribution >= 4 is 17.8 Å². The highest BCUT2D eigenvalue weighted by molar-refractivity contribution is 5.97. The largest absolute Gasteiger partial charge is 0.494 e. The number of carbonyl (C=O) groups is 3. The molecule has 2 aromatic heterocycles. The molecule has 3 N–H and O–H groups in total. The highest BCUT2D eigenvalue weighted by atomic mass is 16.5. The molecule has 56 heavy (non-hydrogen) atoms. The summed E-state index contributed by atoms with van der Waals surface area (Å²) in [7, 11) is 0. The Bertz CT molecular complexity index is 1990. The Balaban J connectivity index is 1.24. The summed E-state index contributed by atoms with van der Waals surface area (Å²) >= 11 is 0. The zero-order valence-electron chi connectivity index (χ0n) is 32.8. The fourth-order valence-corrected chi connectivity index (χ4v) is 6.26. The van der Waals surface area contributed by atoms with Gasteiger partial charge in [-0.25, -0.2) is 9.97 Å². The van der Waals surface area contributed by atoms with E-state index in [1.807, 2.05) is 60.7 Å². The molecule has 0 radical (unpaired) electrons. The first-order valence-electron chi connectivity index (χ1n) is 19.5. The Hall–Kier alpha value is -5.90. The number of carbonyl (C=O) groups excluding carboxylic acids is 2. The molecule has 0 saturated carbocycles. The van der Waals surface area contributed by atoms with Crippen molar-refractivity contribution in [3.8, 4) is 28.3 Å². The van der Waals surface area contributed by atoms with Crippen LogP contribution in [0.2, 0.25) is 0 Å². The Kier molecular flexibility index (Phi) is 14.8. The van der Waals surface area contributed by atoms with Crippen LogP contribution in [0.5, 0.6) is 5.75 Å². The molecular weight excluding hydrogens is 703 g/mol. The van der Waals surface area contributed by atoms with E-state index in [1.165, 1.54) is 25.7 Å². The molecule has 0 spiro atoms. The van der Waals surface area contributed by atoms with Gasteiger partial charge in [0.25, 0.3) is 5.91 Å². The molecule has 0 aliphatic carbocycles. The second-order valence-corrected chi connectivity index (χ2v) is 15.2. The third-order valence-corrected chi connectivity index (χ3v) is 9.72. The first kappa shape index (κ1) is 41.3. The number of benzene rings is 3. The van der Waals surface area contributed by atoms with Gasteiger partial charge in [0.1, 0.15) is 11.8 Å². The number of pyridine rings is 1.